The minimum Gasteiger partial charge on any atom is -0.293 e. The number of halogens is 7. The lowest BCUT2D eigenvalue weighted by atomic mass is 9.98. The van der Waals surface area contributed by atoms with E-state index in [1.165, 1.54) is 0 Å². The molecule has 0 atom stereocenters. The van der Waals surface area contributed by atoms with Gasteiger partial charge in [0.25, 0.3) is 5.69 Å². The Hall–Kier alpha value is -1.65. The lowest BCUT2D eigenvalue weighted by Crippen LogP contribution is -2.19. The van der Waals surface area contributed by atoms with Gasteiger partial charge in [-0.05, 0) is 6.07 Å². The maximum absolute atomic E-state index is 12.8. The third kappa shape index (κ3) is 3.71. The number of hydrogen-bond donors (Lipinski definition) is 0. The molecule has 0 aromatic heterocycles. The Morgan fingerprint density at radius 3 is 2.00 bits per heavy atom. The molecule has 0 saturated heterocycles. The highest BCUT2D eigenvalue weighted by atomic mass is 79.9. The van der Waals surface area contributed by atoms with Crippen molar-refractivity contribution in [2.75, 3.05) is 5.33 Å². The van der Waals surface area contributed by atoms with Gasteiger partial charge in [0.2, 0.25) is 0 Å². The van der Waals surface area contributed by atoms with Crippen molar-refractivity contribution < 1.29 is 36.1 Å². The van der Waals surface area contributed by atoms with Gasteiger partial charge in [0, 0.05) is 11.6 Å². The predicted molar refractivity (Wildman–Crippen MR) is 61.2 cm³/mol. The molecular weight excluding hydrogens is 376 g/mol. The summed E-state index contributed by atoms with van der Waals surface area (Å²) in [5.74, 6) is -1.35. The summed E-state index contributed by atoms with van der Waals surface area (Å²) in [5, 5.41) is 9.91. The number of Topliss-reactive ketones (excluding diaryl/α,β-unsaturated/α-hetero) is 1. The molecule has 0 aliphatic heterocycles. The SMILES string of the molecule is O=C(CBr)c1cc(C(F)(F)F)cc([N+](=O)[O-])c1C(F)(F)F. The summed E-state index contributed by atoms with van der Waals surface area (Å²) in [4.78, 5) is 20.4. The summed E-state index contributed by atoms with van der Waals surface area (Å²) in [7, 11) is 0. The number of rotatable bonds is 3. The molecule has 0 amide bonds. The highest BCUT2D eigenvalue weighted by molar-refractivity contribution is 9.09. The molecule has 0 fully saturated rings. The van der Waals surface area contributed by atoms with Crippen LogP contribution < -0.4 is 0 Å². The molecule has 116 valence electrons. The highest BCUT2D eigenvalue weighted by Crippen LogP contribution is 2.42. The molecule has 0 aliphatic carbocycles. The van der Waals surface area contributed by atoms with Crippen LogP contribution in [0.2, 0.25) is 0 Å². The summed E-state index contributed by atoms with van der Waals surface area (Å²) in [5.41, 5.74) is -6.92. The van der Waals surface area contributed by atoms with Crippen LogP contribution in [0.4, 0.5) is 32.0 Å². The number of nitrogens with zero attached hydrogens (tertiary/aromatic N) is 1. The van der Waals surface area contributed by atoms with Crippen molar-refractivity contribution in [3.63, 3.8) is 0 Å². The first-order valence-electron chi connectivity index (χ1n) is 4.95. The van der Waals surface area contributed by atoms with Gasteiger partial charge >= 0.3 is 12.4 Å². The van der Waals surface area contributed by atoms with Crippen molar-refractivity contribution in [2.24, 2.45) is 0 Å². The predicted octanol–water partition coefficient (Wildman–Crippen LogP) is 4.21. The van der Waals surface area contributed by atoms with Crippen molar-refractivity contribution in [2.45, 2.75) is 12.4 Å². The Morgan fingerprint density at radius 1 is 1.14 bits per heavy atom. The number of carbonyl (C=O) groups excluding carboxylic acids is 1. The van der Waals surface area contributed by atoms with Gasteiger partial charge in [-0.3, -0.25) is 14.9 Å². The number of nitro groups is 1. The molecule has 0 N–H and O–H groups in total. The smallest absolute Gasteiger partial charge is 0.293 e. The van der Waals surface area contributed by atoms with Crippen LogP contribution in [0.5, 0.6) is 0 Å². The Labute approximate surface area is 121 Å². The molecule has 0 unspecified atom stereocenters. The molecular formula is C10H4BrF6NO3. The van der Waals surface area contributed by atoms with E-state index in [2.05, 4.69) is 15.9 Å². The molecule has 1 aromatic carbocycles. The monoisotopic (exact) mass is 379 g/mol. The summed E-state index contributed by atoms with van der Waals surface area (Å²) >= 11 is 2.52. The van der Waals surface area contributed by atoms with Crippen molar-refractivity contribution in [3.05, 3.63) is 38.9 Å². The Morgan fingerprint density at radius 2 is 1.67 bits per heavy atom. The van der Waals surface area contributed by atoms with Gasteiger partial charge in [-0.2, -0.15) is 26.3 Å². The van der Waals surface area contributed by atoms with Gasteiger partial charge < -0.3 is 0 Å². The first kappa shape index (κ1) is 17.4. The van der Waals surface area contributed by atoms with E-state index in [0.29, 0.717) is 0 Å². The molecule has 1 aromatic rings. The third-order valence-corrected chi connectivity index (χ3v) is 2.86. The lowest BCUT2D eigenvalue weighted by Gasteiger charge is -2.15. The minimum absolute atomic E-state index is 0.0422. The molecule has 0 saturated carbocycles. The van der Waals surface area contributed by atoms with Gasteiger partial charge in [0.1, 0.15) is 5.56 Å². The normalized spacial score (nSPS) is 12.3. The van der Waals surface area contributed by atoms with Gasteiger partial charge in [-0.15, -0.1) is 0 Å². The number of hydrogen-bond acceptors (Lipinski definition) is 3. The van der Waals surface area contributed by atoms with Crippen LogP contribution in [-0.2, 0) is 12.4 Å². The topological polar surface area (TPSA) is 60.2 Å². The summed E-state index contributed by atoms with van der Waals surface area (Å²) < 4.78 is 76.3. The lowest BCUT2D eigenvalue weighted by molar-refractivity contribution is -0.388. The average molecular weight is 380 g/mol. The van der Waals surface area contributed by atoms with Crippen LogP contribution in [0.25, 0.3) is 0 Å². The fraction of sp³-hybridized carbons (Fsp3) is 0.300. The molecule has 4 nitrogen and oxygen atoms in total. The van der Waals surface area contributed by atoms with E-state index in [1.54, 1.807) is 0 Å². The summed E-state index contributed by atoms with van der Waals surface area (Å²) in [6.45, 7) is 0. The molecule has 0 bridgehead atoms. The van der Waals surface area contributed by atoms with Crippen molar-refractivity contribution in [1.82, 2.24) is 0 Å². The third-order valence-electron chi connectivity index (χ3n) is 2.35. The van der Waals surface area contributed by atoms with E-state index in [0.717, 1.165) is 0 Å². The molecule has 0 radical (unpaired) electrons. The number of nitro benzene ring substituents is 1. The maximum atomic E-state index is 12.8. The highest BCUT2D eigenvalue weighted by Gasteiger charge is 2.45. The quantitative estimate of drug-likeness (QED) is 0.260. The second-order valence-electron chi connectivity index (χ2n) is 3.73. The number of alkyl halides is 7. The summed E-state index contributed by atoms with van der Waals surface area (Å²) in [6, 6.07) is -0.284. The van der Waals surface area contributed by atoms with E-state index in [9.17, 15) is 41.3 Å². The van der Waals surface area contributed by atoms with Crippen LogP contribution in [-0.4, -0.2) is 16.0 Å². The van der Waals surface area contributed by atoms with Crippen LogP contribution >= 0.6 is 15.9 Å². The largest absolute Gasteiger partial charge is 0.423 e. The zero-order valence-electron chi connectivity index (χ0n) is 9.68. The number of benzene rings is 1. The summed E-state index contributed by atoms with van der Waals surface area (Å²) in [6.07, 6.45) is -10.5. The van der Waals surface area contributed by atoms with Crippen molar-refractivity contribution in [3.8, 4) is 0 Å². The maximum Gasteiger partial charge on any atom is 0.423 e. The standard InChI is InChI=1S/C10H4BrF6NO3/c11-3-7(19)5-1-4(9(12,13)14)2-6(18(20)21)8(5)10(15,16)17/h1-2H,3H2. The fourth-order valence-electron chi connectivity index (χ4n) is 1.52. The van der Waals surface area contributed by atoms with Gasteiger partial charge in [0.05, 0.1) is 15.8 Å². The van der Waals surface area contributed by atoms with Gasteiger partial charge in [-0.25, -0.2) is 0 Å². The number of carbonyl (C=O) groups is 1. The molecule has 1 rings (SSSR count). The second kappa shape index (κ2) is 5.62. The number of ketones is 1. The molecule has 0 aliphatic rings. The average Bonchev–Trinajstić information content (AvgIpc) is 2.33. The molecule has 0 heterocycles. The zero-order valence-corrected chi connectivity index (χ0v) is 11.3. The van der Waals surface area contributed by atoms with Crippen molar-refractivity contribution in [1.29, 1.82) is 0 Å². The van der Waals surface area contributed by atoms with Crippen LogP contribution in [0.1, 0.15) is 21.5 Å². The van der Waals surface area contributed by atoms with Crippen molar-refractivity contribution >= 4 is 27.4 Å². The van der Waals surface area contributed by atoms with Crippen LogP contribution in [0.15, 0.2) is 12.1 Å². The molecule has 21 heavy (non-hydrogen) atoms. The zero-order chi connectivity index (χ0) is 16.6. The molecule has 0 spiro atoms. The van der Waals surface area contributed by atoms with E-state index in [1.807, 2.05) is 0 Å². The Balaban J connectivity index is 3.84. The van der Waals surface area contributed by atoms with E-state index < -0.39 is 50.8 Å². The second-order valence-corrected chi connectivity index (χ2v) is 4.29. The minimum atomic E-state index is -5.35. The van der Waals surface area contributed by atoms with E-state index in [-0.39, 0.29) is 12.1 Å². The van der Waals surface area contributed by atoms with E-state index >= 15 is 0 Å². The van der Waals surface area contributed by atoms with E-state index in [4.69, 9.17) is 0 Å². The fourth-order valence-corrected chi connectivity index (χ4v) is 1.83. The molecule has 11 heteroatoms. The first-order valence-corrected chi connectivity index (χ1v) is 6.07. The van der Waals surface area contributed by atoms with Crippen LogP contribution in [0, 0.1) is 10.1 Å². The van der Waals surface area contributed by atoms with Gasteiger partial charge in [0.15, 0.2) is 5.78 Å². The first-order chi connectivity index (χ1) is 9.39. The Bertz CT molecular complexity index is 596. The van der Waals surface area contributed by atoms with Gasteiger partial charge in [-0.1, -0.05) is 15.9 Å². The Kier molecular flexibility index (Phi) is 4.66. The van der Waals surface area contributed by atoms with Crippen LogP contribution in [0.3, 0.4) is 0 Å².